The van der Waals surface area contributed by atoms with Crippen LogP contribution in [-0.4, -0.2) is 22.4 Å². The number of rotatable bonds is 4. The molecule has 0 atom stereocenters. The Morgan fingerprint density at radius 2 is 2.12 bits per heavy atom. The van der Waals surface area contributed by atoms with Crippen LogP contribution in [0, 0.1) is 0 Å². The molecular formula is C11H11N3OS2. The molecule has 1 aromatic carbocycles. The van der Waals surface area contributed by atoms with Gasteiger partial charge in [0.05, 0.1) is 6.42 Å². The van der Waals surface area contributed by atoms with Crippen molar-refractivity contribution in [3.05, 3.63) is 35.9 Å². The first-order valence-electron chi connectivity index (χ1n) is 4.99. The Kier molecular flexibility index (Phi) is 4.11. The summed E-state index contributed by atoms with van der Waals surface area (Å²) in [5, 5.41) is 11.1. The molecule has 1 aromatic heterocycles. The lowest BCUT2D eigenvalue weighted by Crippen LogP contribution is -2.14. The Labute approximate surface area is 107 Å². The fourth-order valence-electron chi connectivity index (χ4n) is 1.29. The van der Waals surface area contributed by atoms with Gasteiger partial charge in [0.1, 0.15) is 0 Å². The summed E-state index contributed by atoms with van der Waals surface area (Å²) in [6, 6.07) is 9.61. The number of carbonyl (C=O) groups excluding carboxylic acids is 1. The van der Waals surface area contributed by atoms with Crippen LogP contribution in [-0.2, 0) is 11.2 Å². The van der Waals surface area contributed by atoms with Gasteiger partial charge in [-0.15, -0.1) is 10.2 Å². The maximum Gasteiger partial charge on any atom is 0.230 e. The number of aromatic nitrogens is 2. The van der Waals surface area contributed by atoms with E-state index in [0.29, 0.717) is 11.6 Å². The second-order valence-electron chi connectivity index (χ2n) is 3.29. The average molecular weight is 265 g/mol. The number of thioether (sulfide) groups is 1. The molecule has 1 N–H and O–H groups in total. The van der Waals surface area contributed by atoms with E-state index < -0.39 is 0 Å². The molecule has 0 aliphatic heterocycles. The molecule has 6 heteroatoms. The average Bonchev–Trinajstić information content (AvgIpc) is 2.78. The first kappa shape index (κ1) is 12.1. The molecule has 0 saturated carbocycles. The summed E-state index contributed by atoms with van der Waals surface area (Å²) >= 11 is 2.89. The number of carbonyl (C=O) groups is 1. The lowest BCUT2D eigenvalue weighted by Gasteiger charge is -2.00. The van der Waals surface area contributed by atoms with Crippen LogP contribution in [0.15, 0.2) is 34.7 Å². The lowest BCUT2D eigenvalue weighted by atomic mass is 10.1. The molecule has 1 amide bonds. The topological polar surface area (TPSA) is 54.9 Å². The summed E-state index contributed by atoms with van der Waals surface area (Å²) in [5.41, 5.74) is 0.986. The van der Waals surface area contributed by atoms with Crippen LogP contribution in [0.3, 0.4) is 0 Å². The zero-order valence-corrected chi connectivity index (χ0v) is 10.8. The second kappa shape index (κ2) is 5.79. The predicted octanol–water partition coefficient (Wildman–Crippen LogP) is 2.44. The van der Waals surface area contributed by atoms with Gasteiger partial charge >= 0.3 is 0 Å². The maximum atomic E-state index is 11.7. The summed E-state index contributed by atoms with van der Waals surface area (Å²) in [6.45, 7) is 0. The van der Waals surface area contributed by atoms with E-state index in [-0.39, 0.29) is 5.91 Å². The van der Waals surface area contributed by atoms with Crippen molar-refractivity contribution in [3.8, 4) is 0 Å². The normalized spacial score (nSPS) is 10.2. The fraction of sp³-hybridized carbons (Fsp3) is 0.182. The summed E-state index contributed by atoms with van der Waals surface area (Å²) in [7, 11) is 0. The third-order valence-corrected chi connectivity index (χ3v) is 3.85. The van der Waals surface area contributed by atoms with E-state index in [1.54, 1.807) is 0 Å². The van der Waals surface area contributed by atoms with E-state index in [1.807, 2.05) is 36.6 Å². The van der Waals surface area contributed by atoms with Gasteiger partial charge in [-0.3, -0.25) is 4.79 Å². The van der Waals surface area contributed by atoms with Crippen LogP contribution in [0.2, 0.25) is 0 Å². The summed E-state index contributed by atoms with van der Waals surface area (Å²) < 4.78 is 0.847. The van der Waals surface area contributed by atoms with Gasteiger partial charge < -0.3 is 5.32 Å². The standard InChI is InChI=1S/C11H11N3OS2/c1-16-11-14-13-10(17-11)12-9(15)7-8-5-3-2-4-6-8/h2-6H,7H2,1H3,(H,12,13,15). The van der Waals surface area contributed by atoms with Crippen molar-refractivity contribution < 1.29 is 4.79 Å². The summed E-state index contributed by atoms with van der Waals surface area (Å²) in [4.78, 5) is 11.7. The molecule has 1 heterocycles. The highest BCUT2D eigenvalue weighted by Gasteiger charge is 2.07. The number of nitrogens with zero attached hydrogens (tertiary/aromatic N) is 2. The smallest absolute Gasteiger partial charge is 0.230 e. The summed E-state index contributed by atoms with van der Waals surface area (Å²) in [6.07, 6.45) is 2.28. The molecule has 2 aromatic rings. The first-order chi connectivity index (χ1) is 8.28. The highest BCUT2D eigenvalue weighted by molar-refractivity contribution is 8.00. The molecule has 0 spiro atoms. The quantitative estimate of drug-likeness (QED) is 0.681. The molecule has 0 aliphatic carbocycles. The SMILES string of the molecule is CSc1nnc(NC(=O)Cc2ccccc2)s1. The van der Waals surface area contributed by atoms with Crippen molar-refractivity contribution in [1.29, 1.82) is 0 Å². The van der Waals surface area contributed by atoms with Gasteiger partial charge in [0.15, 0.2) is 4.34 Å². The molecule has 0 fully saturated rings. The molecule has 0 bridgehead atoms. The van der Waals surface area contributed by atoms with Crippen LogP contribution >= 0.6 is 23.1 Å². The molecule has 2 rings (SSSR count). The lowest BCUT2D eigenvalue weighted by molar-refractivity contribution is -0.115. The number of anilines is 1. The van der Waals surface area contributed by atoms with Gasteiger partial charge in [0.2, 0.25) is 11.0 Å². The van der Waals surface area contributed by atoms with Crippen LogP contribution in [0.4, 0.5) is 5.13 Å². The second-order valence-corrected chi connectivity index (χ2v) is 5.32. The van der Waals surface area contributed by atoms with Crippen molar-refractivity contribution in [3.63, 3.8) is 0 Å². The Hall–Kier alpha value is -1.40. The van der Waals surface area contributed by atoms with Crippen LogP contribution in [0.1, 0.15) is 5.56 Å². The van der Waals surface area contributed by atoms with E-state index in [9.17, 15) is 4.79 Å². The van der Waals surface area contributed by atoms with Crippen molar-refractivity contribution in [2.75, 3.05) is 11.6 Å². The van der Waals surface area contributed by atoms with Crippen molar-refractivity contribution in [1.82, 2.24) is 10.2 Å². The van der Waals surface area contributed by atoms with E-state index >= 15 is 0 Å². The zero-order chi connectivity index (χ0) is 12.1. The zero-order valence-electron chi connectivity index (χ0n) is 9.21. The molecule has 88 valence electrons. The molecule has 0 aliphatic rings. The number of nitrogens with one attached hydrogen (secondary N) is 1. The minimum atomic E-state index is -0.0694. The first-order valence-corrected chi connectivity index (χ1v) is 7.03. The Bertz CT molecular complexity index is 498. The predicted molar refractivity (Wildman–Crippen MR) is 70.5 cm³/mol. The molecule has 0 radical (unpaired) electrons. The highest BCUT2D eigenvalue weighted by Crippen LogP contribution is 2.23. The number of hydrogen-bond donors (Lipinski definition) is 1. The van der Waals surface area contributed by atoms with E-state index in [1.165, 1.54) is 23.1 Å². The Balaban J connectivity index is 1.93. The van der Waals surface area contributed by atoms with E-state index in [2.05, 4.69) is 15.5 Å². The van der Waals surface area contributed by atoms with Crippen molar-refractivity contribution in [2.24, 2.45) is 0 Å². The van der Waals surface area contributed by atoms with Gasteiger partial charge in [-0.25, -0.2) is 0 Å². The molecule has 0 unspecified atom stereocenters. The Morgan fingerprint density at radius 3 is 2.76 bits per heavy atom. The van der Waals surface area contributed by atoms with Crippen LogP contribution < -0.4 is 5.32 Å². The largest absolute Gasteiger partial charge is 0.300 e. The number of amides is 1. The number of hydrogen-bond acceptors (Lipinski definition) is 5. The van der Waals surface area contributed by atoms with Crippen molar-refractivity contribution >= 4 is 34.1 Å². The van der Waals surface area contributed by atoms with E-state index in [0.717, 1.165) is 9.90 Å². The molecular weight excluding hydrogens is 254 g/mol. The van der Waals surface area contributed by atoms with Gasteiger partial charge in [-0.05, 0) is 11.8 Å². The van der Waals surface area contributed by atoms with E-state index in [4.69, 9.17) is 0 Å². The number of benzene rings is 1. The monoisotopic (exact) mass is 265 g/mol. The van der Waals surface area contributed by atoms with Gasteiger partial charge in [0, 0.05) is 0 Å². The van der Waals surface area contributed by atoms with Crippen LogP contribution in [0.5, 0.6) is 0 Å². The molecule has 4 nitrogen and oxygen atoms in total. The van der Waals surface area contributed by atoms with Gasteiger partial charge in [0.25, 0.3) is 0 Å². The highest BCUT2D eigenvalue weighted by atomic mass is 32.2. The third kappa shape index (κ3) is 3.54. The van der Waals surface area contributed by atoms with Crippen LogP contribution in [0.25, 0.3) is 0 Å². The summed E-state index contributed by atoms with van der Waals surface area (Å²) in [5.74, 6) is -0.0694. The van der Waals surface area contributed by atoms with Crippen molar-refractivity contribution in [2.45, 2.75) is 10.8 Å². The maximum absolute atomic E-state index is 11.7. The third-order valence-electron chi connectivity index (χ3n) is 2.03. The minimum absolute atomic E-state index is 0.0694. The fourth-order valence-corrected chi connectivity index (χ4v) is 2.47. The molecule has 0 saturated heterocycles. The Morgan fingerprint density at radius 1 is 1.35 bits per heavy atom. The minimum Gasteiger partial charge on any atom is -0.300 e. The van der Waals surface area contributed by atoms with Gasteiger partial charge in [-0.1, -0.05) is 53.4 Å². The molecule has 17 heavy (non-hydrogen) atoms. The van der Waals surface area contributed by atoms with Gasteiger partial charge in [-0.2, -0.15) is 0 Å².